The van der Waals surface area contributed by atoms with Crippen molar-refractivity contribution < 1.29 is 4.74 Å². The minimum absolute atomic E-state index is 0.0922. The fourth-order valence-corrected chi connectivity index (χ4v) is 5.24. The summed E-state index contributed by atoms with van der Waals surface area (Å²) in [6.07, 6.45) is 7.00. The highest BCUT2D eigenvalue weighted by Gasteiger charge is 2.38. The molecular formula is C28H32N4O. The summed E-state index contributed by atoms with van der Waals surface area (Å²) in [5.41, 5.74) is 14.6. The van der Waals surface area contributed by atoms with Crippen molar-refractivity contribution in [3.05, 3.63) is 77.6 Å². The Balaban J connectivity index is 1.50. The van der Waals surface area contributed by atoms with Gasteiger partial charge in [0.05, 0.1) is 13.2 Å². The molecule has 5 nitrogen and oxygen atoms in total. The fraction of sp³-hybridized carbons (Fsp3) is 0.357. The molecule has 1 aromatic heterocycles. The molecule has 0 amide bonds. The number of nitrogen functional groups attached to an aromatic ring is 1. The molecule has 0 spiro atoms. The van der Waals surface area contributed by atoms with Crippen LogP contribution in [0.15, 0.2) is 60.9 Å². The Hall–Kier alpha value is -3.18. The van der Waals surface area contributed by atoms with Gasteiger partial charge in [-0.1, -0.05) is 63.2 Å². The highest BCUT2D eigenvalue weighted by molar-refractivity contribution is 5.84. The zero-order valence-corrected chi connectivity index (χ0v) is 19.7. The Morgan fingerprint density at radius 2 is 1.67 bits per heavy atom. The number of nitrogens with two attached hydrogens (primary N) is 1. The van der Waals surface area contributed by atoms with Crippen LogP contribution >= 0.6 is 0 Å². The fourth-order valence-electron chi connectivity index (χ4n) is 5.24. The minimum atomic E-state index is -0.0922. The first-order chi connectivity index (χ1) is 16.0. The summed E-state index contributed by atoms with van der Waals surface area (Å²) in [7, 11) is 0. The second-order valence-corrected chi connectivity index (χ2v) is 9.49. The van der Waals surface area contributed by atoms with Crippen LogP contribution in [-0.4, -0.2) is 36.3 Å². The van der Waals surface area contributed by atoms with Crippen molar-refractivity contribution in [2.75, 3.05) is 36.9 Å². The molecule has 1 fully saturated rings. The summed E-state index contributed by atoms with van der Waals surface area (Å²) >= 11 is 0. The Bertz CT molecular complexity index is 1160. The van der Waals surface area contributed by atoms with E-state index in [9.17, 15) is 0 Å². The molecule has 0 saturated carbocycles. The number of allylic oxidation sites excluding steroid dienone is 2. The molecule has 2 aromatic carbocycles. The van der Waals surface area contributed by atoms with Crippen molar-refractivity contribution in [1.29, 1.82) is 0 Å². The van der Waals surface area contributed by atoms with Crippen LogP contribution < -0.4 is 10.6 Å². The number of hydrogen-bond donors (Lipinski definition) is 1. The smallest absolute Gasteiger partial charge is 0.219 e. The third-order valence-corrected chi connectivity index (χ3v) is 7.51. The molecular weight excluding hydrogens is 408 g/mol. The van der Waals surface area contributed by atoms with Crippen molar-refractivity contribution in [2.45, 2.75) is 32.6 Å². The van der Waals surface area contributed by atoms with Crippen molar-refractivity contribution in [3.63, 3.8) is 0 Å². The molecule has 170 valence electrons. The number of fused-ring (bicyclic) bond motifs is 1. The van der Waals surface area contributed by atoms with Crippen LogP contribution in [0.5, 0.6) is 0 Å². The summed E-state index contributed by atoms with van der Waals surface area (Å²) < 4.78 is 5.58. The Labute approximate surface area is 196 Å². The lowest BCUT2D eigenvalue weighted by atomic mass is 9.66. The first kappa shape index (κ1) is 21.7. The molecule has 1 atom stereocenters. The third kappa shape index (κ3) is 3.80. The average Bonchev–Trinajstić information content (AvgIpc) is 3.29. The molecule has 1 unspecified atom stereocenters. The van der Waals surface area contributed by atoms with Crippen LogP contribution in [0, 0.1) is 5.92 Å². The lowest BCUT2D eigenvalue weighted by Gasteiger charge is -2.37. The number of ether oxygens (including phenoxy) is 1. The van der Waals surface area contributed by atoms with E-state index in [2.05, 4.69) is 84.2 Å². The second-order valence-electron chi connectivity index (χ2n) is 9.49. The van der Waals surface area contributed by atoms with Crippen LogP contribution in [0.4, 0.5) is 11.6 Å². The zero-order chi connectivity index (χ0) is 23.0. The van der Waals surface area contributed by atoms with E-state index >= 15 is 0 Å². The normalized spacial score (nSPS) is 17.6. The number of rotatable bonds is 5. The van der Waals surface area contributed by atoms with Gasteiger partial charge in [0.15, 0.2) is 0 Å². The molecule has 5 rings (SSSR count). The summed E-state index contributed by atoms with van der Waals surface area (Å²) in [6, 6.07) is 15.7. The van der Waals surface area contributed by atoms with Gasteiger partial charge in [0.1, 0.15) is 0 Å². The molecule has 0 radical (unpaired) electrons. The molecule has 2 N–H and O–H groups in total. The van der Waals surface area contributed by atoms with Gasteiger partial charge in [0.25, 0.3) is 0 Å². The summed E-state index contributed by atoms with van der Waals surface area (Å²) in [5, 5.41) is 0. The van der Waals surface area contributed by atoms with Crippen LogP contribution in [0.3, 0.4) is 0 Å². The summed E-state index contributed by atoms with van der Waals surface area (Å²) in [6.45, 7) is 10.6. The van der Waals surface area contributed by atoms with Crippen molar-refractivity contribution >= 4 is 17.2 Å². The van der Waals surface area contributed by atoms with Crippen LogP contribution in [-0.2, 0) is 16.6 Å². The van der Waals surface area contributed by atoms with Gasteiger partial charge in [-0.25, -0.2) is 9.97 Å². The van der Waals surface area contributed by atoms with E-state index < -0.39 is 0 Å². The Morgan fingerprint density at radius 1 is 0.970 bits per heavy atom. The highest BCUT2D eigenvalue weighted by atomic mass is 16.5. The molecule has 1 aliphatic heterocycles. The predicted molar refractivity (Wildman–Crippen MR) is 135 cm³/mol. The number of morpholine rings is 1. The molecule has 2 aliphatic rings. The van der Waals surface area contributed by atoms with E-state index in [0.717, 1.165) is 43.9 Å². The molecule has 3 aromatic rings. The molecule has 5 heteroatoms. The lowest BCUT2D eigenvalue weighted by molar-refractivity contribution is 0.122. The summed E-state index contributed by atoms with van der Waals surface area (Å²) in [5.74, 6) is 0.735. The zero-order valence-electron chi connectivity index (χ0n) is 19.7. The Morgan fingerprint density at radius 3 is 2.33 bits per heavy atom. The standard InChI is InChI=1S/C28H32N4O/c1-19(2)28(3,22-9-7-20(8-10-22)21-17-30-27(29)31-18-21)25-12-11-24-23(25)5-4-6-26(24)32-13-15-33-16-14-32/h4-10,12,17-19H,11,13-16H2,1-3H3,(H2,29,30,31). The van der Waals surface area contributed by atoms with Gasteiger partial charge in [0, 0.05) is 42.1 Å². The van der Waals surface area contributed by atoms with Gasteiger partial charge in [-0.2, -0.15) is 0 Å². The van der Waals surface area contributed by atoms with Crippen LogP contribution in [0.2, 0.25) is 0 Å². The van der Waals surface area contributed by atoms with E-state index in [4.69, 9.17) is 10.5 Å². The van der Waals surface area contributed by atoms with Crippen molar-refractivity contribution in [1.82, 2.24) is 9.97 Å². The van der Waals surface area contributed by atoms with Crippen LogP contribution in [0.1, 0.15) is 37.5 Å². The number of nitrogens with zero attached hydrogens (tertiary/aromatic N) is 3. The second kappa shape index (κ2) is 8.64. The number of aromatic nitrogens is 2. The molecule has 1 aliphatic carbocycles. The van der Waals surface area contributed by atoms with E-state index in [1.807, 2.05) is 0 Å². The molecule has 2 heterocycles. The first-order valence-electron chi connectivity index (χ1n) is 11.8. The van der Waals surface area contributed by atoms with E-state index in [1.165, 1.54) is 28.0 Å². The topological polar surface area (TPSA) is 64.3 Å². The van der Waals surface area contributed by atoms with Crippen LogP contribution in [0.25, 0.3) is 16.7 Å². The van der Waals surface area contributed by atoms with Gasteiger partial charge < -0.3 is 15.4 Å². The molecule has 33 heavy (non-hydrogen) atoms. The maximum absolute atomic E-state index is 5.65. The van der Waals surface area contributed by atoms with E-state index in [1.54, 1.807) is 12.4 Å². The first-order valence-corrected chi connectivity index (χ1v) is 11.8. The van der Waals surface area contributed by atoms with Gasteiger partial charge >= 0.3 is 0 Å². The average molecular weight is 441 g/mol. The van der Waals surface area contributed by atoms with E-state index in [-0.39, 0.29) is 5.41 Å². The number of benzene rings is 2. The van der Waals surface area contributed by atoms with E-state index in [0.29, 0.717) is 11.9 Å². The van der Waals surface area contributed by atoms with Gasteiger partial charge in [-0.15, -0.1) is 0 Å². The largest absolute Gasteiger partial charge is 0.378 e. The SMILES string of the molecule is CC(C)C(C)(C1=CCc2c1cccc2N1CCOCC1)c1ccc(-c2cnc(N)nc2)cc1. The minimum Gasteiger partial charge on any atom is -0.378 e. The number of anilines is 2. The highest BCUT2D eigenvalue weighted by Crippen LogP contribution is 2.49. The molecule has 1 saturated heterocycles. The maximum atomic E-state index is 5.65. The van der Waals surface area contributed by atoms with Gasteiger partial charge in [-0.05, 0) is 46.2 Å². The maximum Gasteiger partial charge on any atom is 0.219 e. The van der Waals surface area contributed by atoms with Crippen molar-refractivity contribution in [2.24, 2.45) is 5.92 Å². The summed E-state index contributed by atoms with van der Waals surface area (Å²) in [4.78, 5) is 10.8. The third-order valence-electron chi connectivity index (χ3n) is 7.51. The quantitative estimate of drug-likeness (QED) is 0.597. The lowest BCUT2D eigenvalue weighted by Crippen LogP contribution is -2.36. The monoisotopic (exact) mass is 440 g/mol. The van der Waals surface area contributed by atoms with Crippen molar-refractivity contribution in [3.8, 4) is 11.1 Å². The predicted octanol–water partition coefficient (Wildman–Crippen LogP) is 5.12. The van der Waals surface area contributed by atoms with Gasteiger partial charge in [-0.3, -0.25) is 0 Å². The molecule has 0 bridgehead atoms. The van der Waals surface area contributed by atoms with Gasteiger partial charge in [0.2, 0.25) is 5.95 Å². The Kier molecular flexibility index (Phi) is 5.67. The number of hydrogen-bond acceptors (Lipinski definition) is 5.